The molecule has 182 valence electrons. The van der Waals surface area contributed by atoms with Gasteiger partial charge in [-0.15, -0.1) is 0 Å². The van der Waals surface area contributed by atoms with Crippen LogP contribution in [0.15, 0.2) is 60.7 Å². The fourth-order valence-corrected chi connectivity index (χ4v) is 8.10. The molecule has 0 aliphatic heterocycles. The van der Waals surface area contributed by atoms with Crippen LogP contribution in [0.2, 0.25) is 6.04 Å². The minimum atomic E-state index is -2.51. The molecular weight excluding hydrogens is 428 g/mol. The maximum absolute atomic E-state index is 12.5. The zero-order chi connectivity index (χ0) is 24.3. The van der Waals surface area contributed by atoms with Crippen molar-refractivity contribution in [2.45, 2.75) is 84.0 Å². The van der Waals surface area contributed by atoms with E-state index in [2.05, 4.69) is 60.8 Å². The summed E-state index contributed by atoms with van der Waals surface area (Å²) >= 11 is 0. The van der Waals surface area contributed by atoms with Gasteiger partial charge in [0.1, 0.15) is 5.60 Å². The number of amides is 1. The van der Waals surface area contributed by atoms with Gasteiger partial charge in [0.15, 0.2) is 0 Å². The predicted molar refractivity (Wildman–Crippen MR) is 140 cm³/mol. The summed E-state index contributed by atoms with van der Waals surface area (Å²) < 4.78 is 12.5. The number of nitrogens with two attached hydrogens (primary N) is 1. The lowest BCUT2D eigenvalue weighted by Gasteiger charge is -2.34. The monoisotopic (exact) mass is 470 g/mol. The van der Waals surface area contributed by atoms with Crippen molar-refractivity contribution in [1.82, 2.24) is 5.32 Å². The average molecular weight is 471 g/mol. The van der Waals surface area contributed by atoms with Gasteiger partial charge in [-0.3, -0.25) is 0 Å². The molecule has 33 heavy (non-hydrogen) atoms. The Morgan fingerprint density at radius 1 is 1.00 bits per heavy atom. The van der Waals surface area contributed by atoms with Gasteiger partial charge in [-0.05, 0) is 57.0 Å². The quantitative estimate of drug-likeness (QED) is 0.445. The van der Waals surface area contributed by atoms with Crippen LogP contribution < -0.4 is 21.4 Å². The van der Waals surface area contributed by atoms with Crippen LogP contribution in [0.5, 0.6) is 0 Å². The van der Waals surface area contributed by atoms with Crippen LogP contribution in [0.1, 0.15) is 60.3 Å². The van der Waals surface area contributed by atoms with Crippen LogP contribution >= 0.6 is 0 Å². The van der Waals surface area contributed by atoms with Crippen LogP contribution in [0, 0.1) is 0 Å². The van der Waals surface area contributed by atoms with Crippen molar-refractivity contribution >= 4 is 24.8 Å². The van der Waals surface area contributed by atoms with Crippen molar-refractivity contribution < 1.29 is 14.0 Å². The van der Waals surface area contributed by atoms with Gasteiger partial charge in [0.2, 0.25) is 0 Å². The van der Waals surface area contributed by atoms with Gasteiger partial charge in [0, 0.05) is 6.04 Å². The average Bonchev–Trinajstić information content (AvgIpc) is 2.77. The Hall–Kier alpha value is -2.15. The molecule has 2 aromatic rings. The van der Waals surface area contributed by atoms with Crippen LogP contribution in [-0.2, 0) is 9.16 Å². The fraction of sp³-hybridized carbons (Fsp3) is 0.519. The molecule has 5 nitrogen and oxygen atoms in total. The van der Waals surface area contributed by atoms with Crippen molar-refractivity contribution in [3.05, 3.63) is 60.7 Å². The summed E-state index contributed by atoms with van der Waals surface area (Å²) in [6, 6.07) is 22.1. The lowest BCUT2D eigenvalue weighted by atomic mass is 10.1. The Morgan fingerprint density at radius 2 is 1.55 bits per heavy atom. The maximum atomic E-state index is 12.5. The van der Waals surface area contributed by atoms with E-state index in [1.165, 1.54) is 10.4 Å². The van der Waals surface area contributed by atoms with Gasteiger partial charge in [0.05, 0.1) is 12.6 Å². The van der Waals surface area contributed by atoms with Crippen molar-refractivity contribution in [3.8, 4) is 0 Å². The molecule has 0 saturated carbocycles. The smallest absolute Gasteiger partial charge is 0.407 e. The first-order valence-electron chi connectivity index (χ1n) is 12.2. The van der Waals surface area contributed by atoms with E-state index in [-0.39, 0.29) is 12.1 Å². The van der Waals surface area contributed by atoms with Gasteiger partial charge in [-0.1, -0.05) is 80.4 Å². The largest absolute Gasteiger partial charge is 0.444 e. The Kier molecular flexibility index (Phi) is 10.6. The number of alkyl carbamates (subject to hydrolysis) is 1. The molecule has 0 bridgehead atoms. The third-order valence-electron chi connectivity index (χ3n) is 5.58. The molecule has 2 atom stereocenters. The highest BCUT2D eigenvalue weighted by atomic mass is 28.4. The number of unbranched alkanes of at least 4 members (excludes halogenated alkanes) is 1. The van der Waals surface area contributed by atoms with Crippen LogP contribution in [0.25, 0.3) is 0 Å². The SMILES string of the molecule is CCCC[Si](OC[C@H](CCC(C)N)NC(=O)OC(C)(C)C)(c1ccccc1)c1ccccc1. The first kappa shape index (κ1) is 27.1. The van der Waals surface area contributed by atoms with E-state index in [1.807, 2.05) is 39.8 Å². The molecule has 0 saturated heterocycles. The van der Waals surface area contributed by atoms with Crippen LogP contribution in [-0.4, -0.2) is 38.7 Å². The topological polar surface area (TPSA) is 73.6 Å². The molecule has 2 aromatic carbocycles. The van der Waals surface area contributed by atoms with E-state index in [0.29, 0.717) is 6.61 Å². The van der Waals surface area contributed by atoms with E-state index in [9.17, 15) is 4.79 Å². The molecule has 0 heterocycles. The number of ether oxygens (including phenoxy) is 1. The number of hydrogen-bond donors (Lipinski definition) is 2. The molecular formula is C27H42N2O3Si. The number of hydrogen-bond acceptors (Lipinski definition) is 4. The van der Waals surface area contributed by atoms with Gasteiger partial charge in [-0.2, -0.15) is 0 Å². The number of benzene rings is 2. The zero-order valence-corrected chi connectivity index (χ0v) is 22.0. The molecule has 1 unspecified atom stereocenters. The number of rotatable bonds is 12. The molecule has 2 rings (SSSR count). The normalized spacial score (nSPS) is 13.9. The van der Waals surface area contributed by atoms with Crippen molar-refractivity contribution in [3.63, 3.8) is 0 Å². The highest BCUT2D eigenvalue weighted by molar-refractivity contribution is 6.97. The molecule has 0 aliphatic carbocycles. The maximum Gasteiger partial charge on any atom is 0.407 e. The lowest BCUT2D eigenvalue weighted by molar-refractivity contribution is 0.0482. The zero-order valence-electron chi connectivity index (χ0n) is 21.0. The summed E-state index contributed by atoms with van der Waals surface area (Å²) in [5, 5.41) is 5.56. The van der Waals surface area contributed by atoms with E-state index >= 15 is 0 Å². The number of carbonyl (C=O) groups excluding carboxylic acids is 1. The van der Waals surface area contributed by atoms with E-state index in [4.69, 9.17) is 14.9 Å². The minimum Gasteiger partial charge on any atom is -0.444 e. The summed E-state index contributed by atoms with van der Waals surface area (Å²) in [6.07, 6.45) is 3.30. The van der Waals surface area contributed by atoms with Crippen LogP contribution in [0.4, 0.5) is 4.79 Å². The number of carbonyl (C=O) groups is 1. The molecule has 0 spiro atoms. The third-order valence-corrected chi connectivity index (χ3v) is 9.83. The Bertz CT molecular complexity index is 783. The predicted octanol–water partition coefficient (Wildman–Crippen LogP) is 4.58. The molecule has 6 heteroatoms. The van der Waals surface area contributed by atoms with Crippen LogP contribution in [0.3, 0.4) is 0 Å². The van der Waals surface area contributed by atoms with Gasteiger partial charge >= 0.3 is 6.09 Å². The van der Waals surface area contributed by atoms with E-state index in [0.717, 1.165) is 31.7 Å². The molecule has 0 aromatic heterocycles. The molecule has 0 aliphatic rings. The van der Waals surface area contributed by atoms with E-state index in [1.54, 1.807) is 0 Å². The lowest BCUT2D eigenvalue weighted by Crippen LogP contribution is -2.62. The first-order valence-corrected chi connectivity index (χ1v) is 14.3. The molecule has 0 fully saturated rings. The van der Waals surface area contributed by atoms with Crippen molar-refractivity contribution in [2.75, 3.05) is 6.61 Å². The highest BCUT2D eigenvalue weighted by Crippen LogP contribution is 2.19. The first-order chi connectivity index (χ1) is 15.7. The van der Waals surface area contributed by atoms with Gasteiger partial charge in [0.25, 0.3) is 8.32 Å². The van der Waals surface area contributed by atoms with Crippen molar-refractivity contribution in [2.24, 2.45) is 5.73 Å². The summed E-state index contributed by atoms with van der Waals surface area (Å²) in [5.41, 5.74) is 5.48. The highest BCUT2D eigenvalue weighted by Gasteiger charge is 2.39. The summed E-state index contributed by atoms with van der Waals surface area (Å²) in [6.45, 7) is 10.2. The Labute approximate surface area is 201 Å². The minimum absolute atomic E-state index is 0.0540. The second-order valence-electron chi connectivity index (χ2n) is 9.87. The second kappa shape index (κ2) is 12.9. The van der Waals surface area contributed by atoms with Gasteiger partial charge in [-0.25, -0.2) is 4.79 Å². The fourth-order valence-electron chi connectivity index (χ4n) is 3.91. The number of nitrogens with one attached hydrogen (secondary N) is 1. The molecule has 3 N–H and O–H groups in total. The standard InChI is InChI=1S/C27H42N2O3Si/c1-6-7-20-33(24-14-10-8-11-15-24,25-16-12-9-13-17-25)31-21-23(19-18-22(2)28)29-26(30)32-27(3,4)5/h8-17,22-23H,6-7,18-21,28H2,1-5H3,(H,29,30)/t22?,23-/m0/s1. The van der Waals surface area contributed by atoms with E-state index < -0.39 is 20.0 Å². The molecule has 0 radical (unpaired) electrons. The molecule has 1 amide bonds. The Balaban J connectivity index is 2.34. The van der Waals surface area contributed by atoms with Gasteiger partial charge < -0.3 is 20.2 Å². The summed E-state index contributed by atoms with van der Waals surface area (Å²) in [7, 11) is -2.51. The summed E-state index contributed by atoms with van der Waals surface area (Å²) in [4.78, 5) is 12.5. The van der Waals surface area contributed by atoms with Crippen molar-refractivity contribution in [1.29, 1.82) is 0 Å². The summed E-state index contributed by atoms with van der Waals surface area (Å²) in [5.74, 6) is 0. The Morgan fingerprint density at radius 3 is 2.00 bits per heavy atom. The third kappa shape index (κ3) is 8.95. The second-order valence-corrected chi connectivity index (χ2v) is 13.5.